The van der Waals surface area contributed by atoms with Crippen molar-refractivity contribution in [2.75, 3.05) is 11.9 Å². The number of halogens is 1. The van der Waals surface area contributed by atoms with Crippen molar-refractivity contribution in [2.24, 2.45) is 0 Å². The van der Waals surface area contributed by atoms with Crippen molar-refractivity contribution in [1.29, 1.82) is 0 Å². The van der Waals surface area contributed by atoms with Crippen LogP contribution in [0.3, 0.4) is 0 Å². The summed E-state index contributed by atoms with van der Waals surface area (Å²) in [4.78, 5) is 40.6. The zero-order valence-corrected chi connectivity index (χ0v) is 18.3. The summed E-state index contributed by atoms with van der Waals surface area (Å²) in [6, 6.07) is 22.9. The first-order valence-electron chi connectivity index (χ1n) is 9.99. The lowest BCUT2D eigenvalue weighted by Crippen LogP contribution is -2.40. The Balaban J connectivity index is 1.70. The number of amides is 2. The van der Waals surface area contributed by atoms with E-state index in [0.29, 0.717) is 16.7 Å². The first-order chi connectivity index (χ1) is 15.5. The fourth-order valence-electron chi connectivity index (χ4n) is 4.03. The van der Waals surface area contributed by atoms with Crippen molar-refractivity contribution in [3.63, 3.8) is 0 Å². The summed E-state index contributed by atoms with van der Waals surface area (Å²) >= 11 is 3.49. The van der Waals surface area contributed by atoms with Gasteiger partial charge in [-0.25, -0.2) is 4.79 Å². The molecule has 0 saturated carbocycles. The van der Waals surface area contributed by atoms with Gasteiger partial charge < -0.3 is 14.6 Å². The fraction of sp³-hybridized carbons (Fsp3) is 0.0800. The number of hydrogen-bond acceptors (Lipinski definition) is 4. The van der Waals surface area contributed by atoms with Gasteiger partial charge in [0.15, 0.2) is 0 Å². The molecule has 3 aromatic carbocycles. The van der Waals surface area contributed by atoms with Gasteiger partial charge in [-0.05, 0) is 35.9 Å². The number of nitrogens with zero attached hydrogens (tertiary/aromatic N) is 1. The van der Waals surface area contributed by atoms with E-state index in [9.17, 15) is 14.4 Å². The van der Waals surface area contributed by atoms with Crippen LogP contribution in [0, 0.1) is 0 Å². The maximum atomic E-state index is 13.7. The Labute approximate surface area is 191 Å². The van der Waals surface area contributed by atoms with Crippen LogP contribution >= 0.6 is 15.9 Å². The molecule has 1 aliphatic heterocycles. The van der Waals surface area contributed by atoms with Crippen molar-refractivity contribution >= 4 is 44.4 Å². The number of para-hydroxylation sites is 1. The lowest BCUT2D eigenvalue weighted by atomic mass is 9.95. The molecular formula is C25H17BrN2O4. The molecule has 1 unspecified atom stereocenters. The highest BCUT2D eigenvalue weighted by Gasteiger charge is 2.35. The predicted molar refractivity (Wildman–Crippen MR) is 125 cm³/mol. The van der Waals surface area contributed by atoms with Crippen molar-refractivity contribution in [3.8, 4) is 0 Å². The molecule has 32 heavy (non-hydrogen) atoms. The molecular weight excluding hydrogens is 472 g/mol. The molecule has 1 N–H and O–H groups in total. The van der Waals surface area contributed by atoms with Gasteiger partial charge in [0, 0.05) is 21.1 Å². The van der Waals surface area contributed by atoms with Gasteiger partial charge in [0.25, 0.3) is 5.91 Å². The fourth-order valence-corrected chi connectivity index (χ4v) is 4.41. The second kappa shape index (κ2) is 8.09. The van der Waals surface area contributed by atoms with Gasteiger partial charge in [-0.1, -0.05) is 64.5 Å². The molecule has 2 amide bonds. The molecule has 7 heteroatoms. The smallest absolute Gasteiger partial charge is 0.349 e. The Kier molecular flexibility index (Phi) is 5.11. The molecule has 1 aromatic heterocycles. The first kappa shape index (κ1) is 20.2. The van der Waals surface area contributed by atoms with E-state index in [2.05, 4.69) is 21.2 Å². The summed E-state index contributed by atoms with van der Waals surface area (Å²) in [7, 11) is 0. The maximum absolute atomic E-state index is 13.7. The normalized spacial score (nSPS) is 15.7. The van der Waals surface area contributed by atoms with Crippen molar-refractivity contribution in [2.45, 2.75) is 6.04 Å². The number of rotatable bonds is 2. The van der Waals surface area contributed by atoms with Crippen molar-refractivity contribution in [1.82, 2.24) is 4.90 Å². The summed E-state index contributed by atoms with van der Waals surface area (Å²) in [6.45, 7) is -0.211. The number of anilines is 1. The van der Waals surface area contributed by atoms with Crippen LogP contribution in [0.2, 0.25) is 0 Å². The van der Waals surface area contributed by atoms with Gasteiger partial charge in [0.1, 0.15) is 17.7 Å². The van der Waals surface area contributed by atoms with Crippen LogP contribution in [0.25, 0.3) is 11.0 Å². The zero-order chi connectivity index (χ0) is 22.2. The number of carbonyl (C=O) groups excluding carboxylic acids is 2. The summed E-state index contributed by atoms with van der Waals surface area (Å²) < 4.78 is 6.19. The highest BCUT2D eigenvalue weighted by atomic mass is 79.9. The third-order valence-electron chi connectivity index (χ3n) is 5.46. The maximum Gasteiger partial charge on any atom is 0.349 e. The molecule has 1 atom stereocenters. The molecule has 0 saturated heterocycles. The van der Waals surface area contributed by atoms with Crippen LogP contribution < -0.4 is 10.9 Å². The minimum absolute atomic E-state index is 0.115. The number of nitrogens with one attached hydrogen (secondary N) is 1. The Morgan fingerprint density at radius 1 is 0.969 bits per heavy atom. The van der Waals surface area contributed by atoms with Crippen molar-refractivity contribution in [3.05, 3.63) is 110 Å². The Morgan fingerprint density at radius 2 is 1.72 bits per heavy atom. The molecule has 0 spiro atoms. The van der Waals surface area contributed by atoms with E-state index in [4.69, 9.17) is 4.42 Å². The molecule has 1 aliphatic rings. The van der Waals surface area contributed by atoms with Gasteiger partial charge in [0.05, 0.1) is 6.04 Å². The van der Waals surface area contributed by atoms with E-state index in [1.807, 2.05) is 42.5 Å². The molecule has 4 aromatic rings. The number of benzene rings is 3. The van der Waals surface area contributed by atoms with E-state index in [0.717, 1.165) is 15.6 Å². The van der Waals surface area contributed by atoms with E-state index >= 15 is 0 Å². The lowest BCUT2D eigenvalue weighted by molar-refractivity contribution is -0.117. The summed E-state index contributed by atoms with van der Waals surface area (Å²) in [5.41, 5.74) is 1.73. The zero-order valence-electron chi connectivity index (χ0n) is 16.7. The van der Waals surface area contributed by atoms with Crippen molar-refractivity contribution < 1.29 is 14.0 Å². The SMILES string of the molecule is O=C1CN(C(=O)c2cc3ccccc3oc2=O)C(c2ccccc2)c2cc(Br)ccc2N1. The minimum Gasteiger partial charge on any atom is -0.422 e. The topological polar surface area (TPSA) is 79.6 Å². The van der Waals surface area contributed by atoms with Crippen LogP contribution in [0.5, 0.6) is 0 Å². The highest BCUT2D eigenvalue weighted by molar-refractivity contribution is 9.10. The van der Waals surface area contributed by atoms with Crippen LogP contribution in [0.4, 0.5) is 5.69 Å². The Bertz CT molecular complexity index is 1410. The second-order valence-corrected chi connectivity index (χ2v) is 8.43. The van der Waals surface area contributed by atoms with Gasteiger partial charge in [-0.3, -0.25) is 9.59 Å². The Morgan fingerprint density at radius 3 is 2.53 bits per heavy atom. The van der Waals surface area contributed by atoms with E-state index < -0.39 is 17.6 Å². The van der Waals surface area contributed by atoms with E-state index in [1.165, 1.54) is 11.0 Å². The number of hydrogen-bond donors (Lipinski definition) is 1. The minimum atomic E-state index is -0.736. The summed E-state index contributed by atoms with van der Waals surface area (Å²) in [5.74, 6) is -0.910. The van der Waals surface area contributed by atoms with Crippen LogP contribution in [-0.2, 0) is 4.79 Å². The molecule has 0 bridgehead atoms. The second-order valence-electron chi connectivity index (χ2n) is 7.51. The molecule has 2 heterocycles. The van der Waals surface area contributed by atoms with Gasteiger partial charge in [0.2, 0.25) is 5.91 Å². The molecule has 0 aliphatic carbocycles. The number of carbonyl (C=O) groups is 2. The van der Waals surface area contributed by atoms with E-state index in [1.54, 1.807) is 30.3 Å². The molecule has 158 valence electrons. The standard InChI is InChI=1S/C25H17BrN2O4/c26-17-10-11-20-18(13-17)23(15-6-2-1-3-7-15)28(14-22(29)27-20)24(30)19-12-16-8-4-5-9-21(16)32-25(19)31/h1-13,23H,14H2,(H,27,29). The highest BCUT2D eigenvalue weighted by Crippen LogP contribution is 2.37. The molecule has 0 radical (unpaired) electrons. The van der Waals surface area contributed by atoms with Crippen LogP contribution in [0.15, 0.2) is 92.5 Å². The molecule has 6 nitrogen and oxygen atoms in total. The van der Waals surface area contributed by atoms with Gasteiger partial charge in [-0.15, -0.1) is 0 Å². The van der Waals surface area contributed by atoms with Crippen LogP contribution in [0.1, 0.15) is 27.5 Å². The third-order valence-corrected chi connectivity index (χ3v) is 5.95. The predicted octanol–water partition coefficient (Wildman–Crippen LogP) is 4.74. The average Bonchev–Trinajstić information content (AvgIpc) is 2.94. The van der Waals surface area contributed by atoms with E-state index in [-0.39, 0.29) is 18.0 Å². The summed E-state index contributed by atoms with van der Waals surface area (Å²) in [5, 5.41) is 3.51. The quantitative estimate of drug-likeness (QED) is 0.413. The monoisotopic (exact) mass is 488 g/mol. The van der Waals surface area contributed by atoms with Crippen LogP contribution in [-0.4, -0.2) is 23.3 Å². The third kappa shape index (κ3) is 3.61. The lowest BCUT2D eigenvalue weighted by Gasteiger charge is -2.30. The average molecular weight is 489 g/mol. The summed E-state index contributed by atoms with van der Waals surface area (Å²) in [6.07, 6.45) is 0. The number of fused-ring (bicyclic) bond motifs is 2. The molecule has 5 rings (SSSR count). The first-order valence-corrected chi connectivity index (χ1v) is 10.8. The van der Waals surface area contributed by atoms with Gasteiger partial charge in [-0.2, -0.15) is 0 Å². The van der Waals surface area contributed by atoms with Gasteiger partial charge >= 0.3 is 5.63 Å². The largest absolute Gasteiger partial charge is 0.422 e. The Hall–Kier alpha value is -3.71. The molecule has 0 fully saturated rings.